The number of carbonyl (C=O) groups excluding carboxylic acids is 1. The third-order valence-electron chi connectivity index (χ3n) is 3.79. The van der Waals surface area contributed by atoms with Gasteiger partial charge in [-0.25, -0.2) is 9.67 Å². The normalized spacial score (nSPS) is 18.2. The maximum Gasteiger partial charge on any atom is 0.323 e. The van der Waals surface area contributed by atoms with Crippen molar-refractivity contribution in [1.82, 2.24) is 24.6 Å². The van der Waals surface area contributed by atoms with Crippen LogP contribution in [0.25, 0.3) is 5.82 Å². The third kappa shape index (κ3) is 3.67. The lowest BCUT2D eigenvalue weighted by molar-refractivity contribution is -0.144. The zero-order chi connectivity index (χ0) is 16.9. The van der Waals surface area contributed by atoms with Crippen LogP contribution in [0.4, 0.5) is 5.82 Å². The van der Waals surface area contributed by atoms with Gasteiger partial charge < -0.3 is 15.3 Å². The molecule has 1 unspecified atom stereocenters. The van der Waals surface area contributed by atoms with Gasteiger partial charge >= 0.3 is 5.97 Å². The Balaban J connectivity index is 1.75. The molecule has 2 aromatic heterocycles. The zero-order valence-corrected chi connectivity index (χ0v) is 13.0. The second kappa shape index (κ2) is 7.07. The molecular weight excluding hydrogens is 312 g/mol. The molecule has 1 fully saturated rings. The van der Waals surface area contributed by atoms with Crippen LogP contribution in [0.5, 0.6) is 0 Å². The average molecular weight is 330 g/mol. The number of rotatable bonds is 5. The van der Waals surface area contributed by atoms with E-state index in [0.29, 0.717) is 24.6 Å². The van der Waals surface area contributed by atoms with E-state index < -0.39 is 12.0 Å². The summed E-state index contributed by atoms with van der Waals surface area (Å²) in [4.78, 5) is 33.3. The number of hydrogen-bond acceptors (Lipinski definition) is 6. The summed E-state index contributed by atoms with van der Waals surface area (Å²) in [5.74, 6) is -0.238. The van der Waals surface area contributed by atoms with E-state index in [1.54, 1.807) is 29.3 Å². The number of nitrogens with one attached hydrogen (secondary N) is 1. The number of anilines is 1. The summed E-state index contributed by atoms with van der Waals surface area (Å²) in [6, 6.07) is 1.27. The second-order valence-corrected chi connectivity index (χ2v) is 5.56. The molecule has 1 atom stereocenters. The fourth-order valence-electron chi connectivity index (χ4n) is 2.68. The van der Waals surface area contributed by atoms with Crippen molar-refractivity contribution >= 4 is 17.7 Å². The molecule has 0 spiro atoms. The summed E-state index contributed by atoms with van der Waals surface area (Å²) in [5.41, 5.74) is 0. The minimum atomic E-state index is -1.01. The van der Waals surface area contributed by atoms with E-state index in [1.807, 2.05) is 0 Å². The van der Waals surface area contributed by atoms with Crippen LogP contribution >= 0.6 is 0 Å². The van der Waals surface area contributed by atoms with Gasteiger partial charge in [-0.15, -0.1) is 0 Å². The molecule has 0 aromatic carbocycles. The van der Waals surface area contributed by atoms with Crippen molar-refractivity contribution in [3.63, 3.8) is 0 Å². The number of hydrogen-bond donors (Lipinski definition) is 2. The molecule has 9 nitrogen and oxygen atoms in total. The van der Waals surface area contributed by atoms with Gasteiger partial charge in [0.1, 0.15) is 18.4 Å². The quantitative estimate of drug-likeness (QED) is 0.822. The van der Waals surface area contributed by atoms with Crippen molar-refractivity contribution in [2.75, 3.05) is 18.4 Å². The first-order valence-corrected chi connectivity index (χ1v) is 7.72. The number of carboxylic acid groups (broad SMARTS) is 1. The van der Waals surface area contributed by atoms with E-state index in [9.17, 15) is 9.59 Å². The van der Waals surface area contributed by atoms with Gasteiger partial charge in [-0.1, -0.05) is 0 Å². The highest BCUT2D eigenvalue weighted by molar-refractivity contribution is 5.87. The Morgan fingerprint density at radius 3 is 3.00 bits per heavy atom. The molecule has 1 aliphatic rings. The van der Waals surface area contributed by atoms with Crippen LogP contribution in [-0.4, -0.2) is 60.8 Å². The molecule has 3 rings (SSSR count). The van der Waals surface area contributed by atoms with Gasteiger partial charge in [0.2, 0.25) is 5.91 Å². The number of aliphatic carboxylic acids is 1. The molecule has 1 amide bonds. The summed E-state index contributed by atoms with van der Waals surface area (Å²) < 4.78 is 1.57. The van der Waals surface area contributed by atoms with Gasteiger partial charge in [-0.3, -0.25) is 14.6 Å². The highest BCUT2D eigenvalue weighted by Crippen LogP contribution is 2.16. The third-order valence-corrected chi connectivity index (χ3v) is 3.79. The minimum absolute atomic E-state index is 0.221. The molecule has 0 radical (unpaired) electrons. The first kappa shape index (κ1) is 15.9. The van der Waals surface area contributed by atoms with Crippen molar-refractivity contribution in [3.05, 3.63) is 30.9 Å². The van der Waals surface area contributed by atoms with Gasteiger partial charge in [-0.05, 0) is 25.3 Å². The maximum absolute atomic E-state index is 12.5. The molecule has 9 heteroatoms. The first-order valence-electron chi connectivity index (χ1n) is 7.72. The van der Waals surface area contributed by atoms with E-state index in [1.165, 1.54) is 11.1 Å². The molecular formula is C15H18N6O3. The van der Waals surface area contributed by atoms with Crippen LogP contribution in [0.15, 0.2) is 30.9 Å². The number of amides is 1. The average Bonchev–Trinajstić information content (AvgIpc) is 3.05. The Kier molecular flexibility index (Phi) is 4.69. The lowest BCUT2D eigenvalue weighted by atomic mass is 10.1. The maximum atomic E-state index is 12.5. The van der Waals surface area contributed by atoms with Crippen LogP contribution < -0.4 is 5.32 Å². The Hall–Kier alpha value is -2.97. The van der Waals surface area contributed by atoms with Crippen molar-refractivity contribution in [3.8, 4) is 5.82 Å². The Labute approximate surface area is 138 Å². The highest BCUT2D eigenvalue weighted by Gasteiger charge is 2.28. The summed E-state index contributed by atoms with van der Waals surface area (Å²) in [5, 5.41) is 16.1. The van der Waals surface area contributed by atoms with Crippen molar-refractivity contribution in [2.24, 2.45) is 0 Å². The summed E-state index contributed by atoms with van der Waals surface area (Å²) in [7, 11) is 0. The molecule has 2 aromatic rings. The SMILES string of the molecule is O=C(O)CN1CCCCC(Nc2cncc(-n3cccn3)n2)C1=O. The van der Waals surface area contributed by atoms with Crippen LogP contribution in [0.2, 0.25) is 0 Å². The summed E-state index contributed by atoms with van der Waals surface area (Å²) in [6.07, 6.45) is 8.75. The smallest absolute Gasteiger partial charge is 0.323 e. The lowest BCUT2D eigenvalue weighted by Gasteiger charge is -2.23. The lowest BCUT2D eigenvalue weighted by Crippen LogP contribution is -2.44. The van der Waals surface area contributed by atoms with E-state index in [4.69, 9.17) is 5.11 Å². The fraction of sp³-hybridized carbons (Fsp3) is 0.400. The van der Waals surface area contributed by atoms with Gasteiger partial charge in [0.25, 0.3) is 0 Å². The number of carbonyl (C=O) groups is 2. The molecule has 126 valence electrons. The fourth-order valence-corrected chi connectivity index (χ4v) is 2.68. The largest absolute Gasteiger partial charge is 0.480 e. The first-order chi connectivity index (χ1) is 11.6. The Morgan fingerprint density at radius 2 is 2.25 bits per heavy atom. The van der Waals surface area contributed by atoms with Gasteiger partial charge in [0, 0.05) is 18.9 Å². The van der Waals surface area contributed by atoms with Gasteiger partial charge in [-0.2, -0.15) is 5.10 Å². The second-order valence-electron chi connectivity index (χ2n) is 5.56. The Morgan fingerprint density at radius 1 is 1.38 bits per heavy atom. The van der Waals surface area contributed by atoms with Crippen LogP contribution in [-0.2, 0) is 9.59 Å². The van der Waals surface area contributed by atoms with Crippen molar-refractivity contribution < 1.29 is 14.7 Å². The summed E-state index contributed by atoms with van der Waals surface area (Å²) in [6.45, 7) is 0.179. The summed E-state index contributed by atoms with van der Waals surface area (Å²) >= 11 is 0. The number of likely N-dealkylation sites (tertiary alicyclic amines) is 1. The Bertz CT molecular complexity index is 718. The minimum Gasteiger partial charge on any atom is -0.480 e. The van der Waals surface area contributed by atoms with E-state index in [-0.39, 0.29) is 12.5 Å². The topological polar surface area (TPSA) is 113 Å². The molecule has 3 heterocycles. The van der Waals surface area contributed by atoms with Crippen LogP contribution in [0.1, 0.15) is 19.3 Å². The van der Waals surface area contributed by atoms with E-state index in [2.05, 4.69) is 20.4 Å². The molecule has 1 saturated heterocycles. The predicted octanol–water partition coefficient (Wildman–Crippen LogP) is 0.540. The monoisotopic (exact) mass is 330 g/mol. The predicted molar refractivity (Wildman–Crippen MR) is 84.6 cm³/mol. The number of carboxylic acids is 1. The molecule has 1 aliphatic heterocycles. The van der Waals surface area contributed by atoms with Crippen molar-refractivity contribution in [2.45, 2.75) is 25.3 Å². The number of nitrogens with zero attached hydrogens (tertiary/aromatic N) is 5. The van der Waals surface area contributed by atoms with Crippen molar-refractivity contribution in [1.29, 1.82) is 0 Å². The molecule has 24 heavy (non-hydrogen) atoms. The molecule has 0 aliphatic carbocycles. The number of aromatic nitrogens is 4. The van der Waals surface area contributed by atoms with E-state index >= 15 is 0 Å². The highest BCUT2D eigenvalue weighted by atomic mass is 16.4. The van der Waals surface area contributed by atoms with Crippen LogP contribution in [0.3, 0.4) is 0 Å². The standard InChI is InChI=1S/C15H18N6O3/c22-14(23)10-20-6-2-1-4-11(15(20)24)18-12-8-16-9-13(19-12)21-7-3-5-17-21/h3,5,7-9,11H,1-2,4,6,10H2,(H,18,19)(H,22,23). The van der Waals surface area contributed by atoms with Gasteiger partial charge in [0.15, 0.2) is 5.82 Å². The van der Waals surface area contributed by atoms with E-state index in [0.717, 1.165) is 12.8 Å². The van der Waals surface area contributed by atoms with Crippen LogP contribution in [0, 0.1) is 0 Å². The molecule has 0 bridgehead atoms. The van der Waals surface area contributed by atoms with Gasteiger partial charge in [0.05, 0.1) is 12.4 Å². The molecule has 2 N–H and O–H groups in total. The molecule has 0 saturated carbocycles. The zero-order valence-electron chi connectivity index (χ0n) is 13.0.